The summed E-state index contributed by atoms with van der Waals surface area (Å²) in [6, 6.07) is 29.6. The summed E-state index contributed by atoms with van der Waals surface area (Å²) >= 11 is 1.93. The van der Waals surface area contributed by atoms with Gasteiger partial charge < -0.3 is 8.97 Å². The normalized spacial score (nSPS) is 14.9. The van der Waals surface area contributed by atoms with Gasteiger partial charge >= 0.3 is 0 Å². The molecule has 0 N–H and O–H groups in total. The summed E-state index contributed by atoms with van der Waals surface area (Å²) in [4.78, 5) is 0. The molecular formula is C32H22N2S. The van der Waals surface area contributed by atoms with E-state index in [1.165, 1.54) is 80.8 Å². The first-order valence-corrected chi connectivity index (χ1v) is 13.1. The van der Waals surface area contributed by atoms with Crippen molar-refractivity contribution in [3.63, 3.8) is 0 Å². The molecule has 0 amide bonds. The Bertz CT molecular complexity index is 2200. The fraction of sp³-hybridized carbons (Fsp3) is 0.125. The highest BCUT2D eigenvalue weighted by Gasteiger charge is 2.39. The Morgan fingerprint density at radius 2 is 1.46 bits per heavy atom. The highest BCUT2D eigenvalue weighted by Crippen LogP contribution is 2.55. The van der Waals surface area contributed by atoms with Crippen molar-refractivity contribution in [1.29, 1.82) is 0 Å². The molecule has 0 bridgehead atoms. The van der Waals surface area contributed by atoms with Gasteiger partial charge in [-0.1, -0.05) is 68.4 Å². The van der Waals surface area contributed by atoms with Gasteiger partial charge in [0.05, 0.1) is 26.9 Å². The van der Waals surface area contributed by atoms with Crippen molar-refractivity contribution in [3.8, 4) is 11.3 Å². The second kappa shape index (κ2) is 5.69. The van der Waals surface area contributed by atoms with Crippen LogP contribution in [-0.2, 0) is 12.5 Å². The van der Waals surface area contributed by atoms with Crippen molar-refractivity contribution in [2.45, 2.75) is 19.3 Å². The lowest BCUT2D eigenvalue weighted by atomic mass is 9.81. The van der Waals surface area contributed by atoms with Crippen LogP contribution in [0.15, 0.2) is 78.9 Å². The minimum absolute atomic E-state index is 0.0981. The molecule has 4 aromatic heterocycles. The second-order valence-corrected chi connectivity index (χ2v) is 11.7. The molecule has 0 atom stereocenters. The van der Waals surface area contributed by atoms with Crippen molar-refractivity contribution in [2.75, 3.05) is 0 Å². The van der Waals surface area contributed by atoms with Crippen LogP contribution < -0.4 is 0 Å². The van der Waals surface area contributed by atoms with Crippen LogP contribution in [0.3, 0.4) is 0 Å². The molecule has 0 saturated heterocycles. The highest BCUT2D eigenvalue weighted by molar-refractivity contribution is 7.26. The van der Waals surface area contributed by atoms with E-state index in [1.54, 1.807) is 0 Å². The van der Waals surface area contributed by atoms with Gasteiger partial charge in [0.2, 0.25) is 0 Å². The van der Waals surface area contributed by atoms with Crippen molar-refractivity contribution in [3.05, 3.63) is 90.0 Å². The van der Waals surface area contributed by atoms with Crippen LogP contribution in [0.4, 0.5) is 0 Å². The number of hydrogen-bond donors (Lipinski definition) is 0. The van der Waals surface area contributed by atoms with Gasteiger partial charge in [-0.25, -0.2) is 0 Å². The fourth-order valence-electron chi connectivity index (χ4n) is 7.21. The maximum atomic E-state index is 2.65. The van der Waals surface area contributed by atoms with Gasteiger partial charge in [0.15, 0.2) is 0 Å². The third kappa shape index (κ3) is 1.87. The monoisotopic (exact) mass is 466 g/mol. The first kappa shape index (κ1) is 18.5. The lowest BCUT2D eigenvalue weighted by molar-refractivity contribution is 0.665. The van der Waals surface area contributed by atoms with E-state index in [-0.39, 0.29) is 5.41 Å². The minimum Gasteiger partial charge on any atom is -0.344 e. The lowest BCUT2D eigenvalue weighted by Crippen LogP contribution is -2.15. The van der Waals surface area contributed by atoms with E-state index >= 15 is 0 Å². The number of rotatable bonds is 0. The van der Waals surface area contributed by atoms with Crippen LogP contribution in [0.1, 0.15) is 25.0 Å². The van der Waals surface area contributed by atoms with E-state index in [2.05, 4.69) is 109 Å². The Morgan fingerprint density at radius 3 is 2.37 bits per heavy atom. The van der Waals surface area contributed by atoms with Crippen LogP contribution in [0, 0.1) is 0 Å². The van der Waals surface area contributed by atoms with Crippen LogP contribution >= 0.6 is 11.3 Å². The van der Waals surface area contributed by atoms with E-state index in [4.69, 9.17) is 0 Å². The average molecular weight is 467 g/mol. The fourth-order valence-corrected chi connectivity index (χ4v) is 8.42. The molecule has 1 aliphatic carbocycles. The molecule has 4 heterocycles. The molecule has 4 aromatic carbocycles. The molecule has 2 nitrogen and oxygen atoms in total. The number of thiophene rings is 1. The van der Waals surface area contributed by atoms with Gasteiger partial charge in [-0.2, -0.15) is 0 Å². The Morgan fingerprint density at radius 1 is 0.686 bits per heavy atom. The number of aryl methyl sites for hydroxylation is 1. The van der Waals surface area contributed by atoms with Gasteiger partial charge in [0.1, 0.15) is 0 Å². The molecule has 166 valence electrons. The molecule has 35 heavy (non-hydrogen) atoms. The smallest absolute Gasteiger partial charge is 0.0728 e. The zero-order valence-corrected chi connectivity index (χ0v) is 20.6. The lowest BCUT2D eigenvalue weighted by Gasteiger charge is -2.22. The quantitative estimate of drug-likeness (QED) is 0.211. The predicted octanol–water partition coefficient (Wildman–Crippen LogP) is 8.85. The molecule has 1 aliphatic rings. The van der Waals surface area contributed by atoms with Crippen molar-refractivity contribution < 1.29 is 0 Å². The van der Waals surface area contributed by atoms with Gasteiger partial charge in [-0.3, -0.25) is 0 Å². The molecule has 0 radical (unpaired) electrons. The molecular weight excluding hydrogens is 444 g/mol. The Labute approximate surface area is 206 Å². The molecule has 0 unspecified atom stereocenters. The second-order valence-electron chi connectivity index (χ2n) is 10.6. The van der Waals surface area contributed by atoms with Crippen molar-refractivity contribution in [1.82, 2.24) is 8.97 Å². The van der Waals surface area contributed by atoms with Gasteiger partial charge in [0, 0.05) is 49.8 Å². The number of benzene rings is 4. The molecule has 9 rings (SSSR count). The van der Waals surface area contributed by atoms with E-state index in [0.29, 0.717) is 0 Å². The maximum Gasteiger partial charge on any atom is 0.0728 e. The number of hydrogen-bond acceptors (Lipinski definition) is 1. The summed E-state index contributed by atoms with van der Waals surface area (Å²) in [6.07, 6.45) is 0. The van der Waals surface area contributed by atoms with Crippen molar-refractivity contribution in [2.24, 2.45) is 7.05 Å². The van der Waals surface area contributed by atoms with E-state index in [9.17, 15) is 0 Å². The first-order valence-electron chi connectivity index (χ1n) is 12.3. The third-order valence-corrected chi connectivity index (χ3v) is 9.84. The van der Waals surface area contributed by atoms with E-state index in [1.807, 2.05) is 11.3 Å². The Kier molecular flexibility index (Phi) is 3.01. The predicted molar refractivity (Wildman–Crippen MR) is 151 cm³/mol. The molecule has 3 heteroatoms. The SMILES string of the molecule is Cn1c2cccc3c4c(n5c6c7ccccc7sc6c6ccc1c(c32)c65)-c1ccccc1C4(C)C. The summed E-state index contributed by atoms with van der Waals surface area (Å²) in [5.41, 5.74) is 10.8. The Hall–Kier alpha value is -3.82. The molecule has 0 saturated carbocycles. The first-order chi connectivity index (χ1) is 17.1. The topological polar surface area (TPSA) is 9.34 Å². The van der Waals surface area contributed by atoms with Gasteiger partial charge in [-0.05, 0) is 40.8 Å². The third-order valence-electron chi connectivity index (χ3n) is 8.64. The van der Waals surface area contributed by atoms with Crippen LogP contribution in [-0.4, -0.2) is 8.97 Å². The van der Waals surface area contributed by atoms with Gasteiger partial charge in [0.25, 0.3) is 0 Å². The summed E-state index contributed by atoms with van der Waals surface area (Å²) < 4.78 is 7.79. The standard InChI is InChI=1S/C32H22N2S/c1-32(2)21-12-6-4-9-17(21)29-27(32)19-11-8-13-22-25(19)26-23(33(22)3)16-15-20-28(26)34(29)30-18-10-5-7-14-24(18)35-31(20)30/h4-16H,1-3H3. The van der Waals surface area contributed by atoms with Gasteiger partial charge in [-0.15, -0.1) is 11.3 Å². The summed E-state index contributed by atoms with van der Waals surface area (Å²) in [5, 5.41) is 6.90. The summed E-state index contributed by atoms with van der Waals surface area (Å²) in [6.45, 7) is 4.82. The summed E-state index contributed by atoms with van der Waals surface area (Å²) in [7, 11) is 2.22. The summed E-state index contributed by atoms with van der Waals surface area (Å²) in [5.74, 6) is 0. The average Bonchev–Trinajstić information content (AvgIpc) is 3.52. The van der Waals surface area contributed by atoms with Crippen LogP contribution in [0.2, 0.25) is 0 Å². The minimum atomic E-state index is -0.0981. The van der Waals surface area contributed by atoms with Crippen molar-refractivity contribution >= 4 is 69.7 Å². The largest absolute Gasteiger partial charge is 0.344 e. The number of fused-ring (bicyclic) bond motifs is 10. The molecule has 0 fully saturated rings. The molecule has 0 aliphatic heterocycles. The zero-order chi connectivity index (χ0) is 23.2. The number of aromatic nitrogens is 2. The van der Waals surface area contributed by atoms with E-state index in [0.717, 1.165) is 0 Å². The van der Waals surface area contributed by atoms with Crippen LogP contribution in [0.25, 0.3) is 69.7 Å². The zero-order valence-electron chi connectivity index (χ0n) is 19.8. The maximum absolute atomic E-state index is 2.65. The van der Waals surface area contributed by atoms with E-state index < -0.39 is 0 Å². The van der Waals surface area contributed by atoms with Crippen LogP contribution in [0.5, 0.6) is 0 Å². The molecule has 0 spiro atoms. The Balaban J connectivity index is 1.77. The molecule has 8 aromatic rings. The number of nitrogens with zero attached hydrogens (tertiary/aromatic N) is 2. The highest BCUT2D eigenvalue weighted by atomic mass is 32.1.